The molecule has 0 aliphatic heterocycles. The van der Waals surface area contributed by atoms with Crippen molar-refractivity contribution in [2.75, 3.05) is 5.32 Å². The smallest absolute Gasteiger partial charge is 0.261 e. The van der Waals surface area contributed by atoms with Crippen molar-refractivity contribution in [3.05, 3.63) is 58.0 Å². The first kappa shape index (κ1) is 11.9. The molecule has 0 fully saturated rings. The number of H-pyrrole nitrogens is 1. The molecule has 5 nitrogen and oxygen atoms in total. The van der Waals surface area contributed by atoms with Crippen LogP contribution in [0, 0.1) is 6.92 Å². The number of pyridine rings is 1. The maximum atomic E-state index is 11.9. The normalized spacial score (nSPS) is 10.1. The largest absolute Gasteiger partial charge is 0.506 e. The first-order valence-corrected chi connectivity index (χ1v) is 5.36. The van der Waals surface area contributed by atoms with Crippen molar-refractivity contribution < 1.29 is 9.90 Å². The molecule has 0 saturated carbocycles. The molecule has 92 valence electrons. The molecule has 0 bridgehead atoms. The van der Waals surface area contributed by atoms with Gasteiger partial charge in [0.1, 0.15) is 11.3 Å². The number of hydrogen-bond acceptors (Lipinski definition) is 3. The second-order valence-electron chi connectivity index (χ2n) is 3.87. The average Bonchev–Trinajstić information content (AvgIpc) is 2.32. The highest BCUT2D eigenvalue weighted by Crippen LogP contribution is 2.21. The Labute approximate surface area is 103 Å². The third-order valence-corrected chi connectivity index (χ3v) is 2.45. The third-order valence-electron chi connectivity index (χ3n) is 2.45. The van der Waals surface area contributed by atoms with Crippen LogP contribution in [-0.2, 0) is 0 Å². The Morgan fingerprint density at radius 3 is 2.72 bits per heavy atom. The average molecular weight is 244 g/mol. The summed E-state index contributed by atoms with van der Waals surface area (Å²) in [5.41, 5.74) is 0.588. The van der Waals surface area contributed by atoms with Gasteiger partial charge in [0.25, 0.3) is 5.91 Å². The third kappa shape index (κ3) is 2.40. The maximum absolute atomic E-state index is 11.9. The van der Waals surface area contributed by atoms with Crippen molar-refractivity contribution in [1.82, 2.24) is 4.98 Å². The summed E-state index contributed by atoms with van der Waals surface area (Å²) in [6.45, 7) is 1.73. The van der Waals surface area contributed by atoms with Crippen molar-refractivity contribution in [3.63, 3.8) is 0 Å². The van der Waals surface area contributed by atoms with Gasteiger partial charge in [-0.2, -0.15) is 0 Å². The minimum Gasteiger partial charge on any atom is -0.506 e. The van der Waals surface area contributed by atoms with E-state index in [-0.39, 0.29) is 22.4 Å². The number of phenolic OH excluding ortho intramolecular Hbond substituents is 1. The van der Waals surface area contributed by atoms with Crippen molar-refractivity contribution in [1.29, 1.82) is 0 Å². The van der Waals surface area contributed by atoms with Gasteiger partial charge in [0.2, 0.25) is 0 Å². The number of carbonyl (C=O) groups excluding carboxylic acids is 1. The number of anilines is 1. The quantitative estimate of drug-likeness (QED) is 0.702. The van der Waals surface area contributed by atoms with Gasteiger partial charge in [-0.1, -0.05) is 12.1 Å². The van der Waals surface area contributed by atoms with E-state index in [1.165, 1.54) is 18.3 Å². The van der Waals surface area contributed by atoms with E-state index < -0.39 is 5.91 Å². The number of benzene rings is 1. The fraction of sp³-hybridized carbons (Fsp3) is 0.0769. The van der Waals surface area contributed by atoms with Crippen LogP contribution in [0.3, 0.4) is 0 Å². The molecule has 0 radical (unpaired) electrons. The monoisotopic (exact) mass is 244 g/mol. The second-order valence-corrected chi connectivity index (χ2v) is 3.87. The molecule has 18 heavy (non-hydrogen) atoms. The lowest BCUT2D eigenvalue weighted by molar-refractivity contribution is 0.102. The Balaban J connectivity index is 2.28. The molecule has 2 rings (SSSR count). The first-order chi connectivity index (χ1) is 8.58. The number of carbonyl (C=O) groups is 1. The number of aryl methyl sites for hydroxylation is 1. The van der Waals surface area contributed by atoms with E-state index >= 15 is 0 Å². The fourth-order valence-corrected chi connectivity index (χ4v) is 1.52. The zero-order valence-electron chi connectivity index (χ0n) is 9.73. The minimum absolute atomic E-state index is 0.00357. The van der Waals surface area contributed by atoms with E-state index in [0.29, 0.717) is 5.69 Å². The SMILES string of the molecule is Cc1cc(=O)c(C(=O)Nc2ccccc2O)c[nH]1. The molecular weight excluding hydrogens is 232 g/mol. The van der Waals surface area contributed by atoms with Gasteiger partial charge in [-0.05, 0) is 19.1 Å². The zero-order chi connectivity index (χ0) is 13.1. The number of para-hydroxylation sites is 2. The van der Waals surface area contributed by atoms with Gasteiger partial charge in [-0.3, -0.25) is 9.59 Å². The highest BCUT2D eigenvalue weighted by atomic mass is 16.3. The summed E-state index contributed by atoms with van der Waals surface area (Å²) in [4.78, 5) is 26.3. The van der Waals surface area contributed by atoms with Gasteiger partial charge in [0, 0.05) is 18.0 Å². The second kappa shape index (κ2) is 4.75. The molecule has 0 aliphatic rings. The summed E-state index contributed by atoms with van der Waals surface area (Å²) in [6, 6.07) is 7.67. The minimum atomic E-state index is -0.558. The molecule has 5 heteroatoms. The first-order valence-electron chi connectivity index (χ1n) is 5.36. The molecule has 1 aromatic heterocycles. The van der Waals surface area contributed by atoms with E-state index in [4.69, 9.17) is 0 Å². The number of hydrogen-bond donors (Lipinski definition) is 3. The van der Waals surface area contributed by atoms with Crippen LogP contribution in [0.2, 0.25) is 0 Å². The highest BCUT2D eigenvalue weighted by molar-refractivity contribution is 6.04. The van der Waals surface area contributed by atoms with Crippen LogP contribution in [0.4, 0.5) is 5.69 Å². The van der Waals surface area contributed by atoms with Gasteiger partial charge in [-0.25, -0.2) is 0 Å². The van der Waals surface area contributed by atoms with E-state index in [0.717, 1.165) is 0 Å². The predicted molar refractivity (Wildman–Crippen MR) is 67.9 cm³/mol. The van der Waals surface area contributed by atoms with Crippen LogP contribution in [0.1, 0.15) is 16.1 Å². The van der Waals surface area contributed by atoms with Gasteiger partial charge in [0.05, 0.1) is 5.69 Å². The van der Waals surface area contributed by atoms with Crippen LogP contribution in [-0.4, -0.2) is 16.0 Å². The van der Waals surface area contributed by atoms with Gasteiger partial charge < -0.3 is 15.4 Å². The van der Waals surface area contributed by atoms with Crippen molar-refractivity contribution in [2.24, 2.45) is 0 Å². The molecular formula is C13H12N2O3. The Bertz CT molecular complexity index is 647. The molecule has 0 saturated heterocycles. The molecule has 0 spiro atoms. The van der Waals surface area contributed by atoms with Gasteiger partial charge in [0.15, 0.2) is 5.43 Å². The van der Waals surface area contributed by atoms with Gasteiger partial charge in [-0.15, -0.1) is 0 Å². The molecule has 1 aromatic carbocycles. The summed E-state index contributed by atoms with van der Waals surface area (Å²) < 4.78 is 0. The number of nitrogens with one attached hydrogen (secondary N) is 2. The van der Waals surface area contributed by atoms with E-state index in [9.17, 15) is 14.7 Å². The van der Waals surface area contributed by atoms with Gasteiger partial charge >= 0.3 is 0 Å². The Kier molecular flexibility index (Phi) is 3.14. The van der Waals surface area contributed by atoms with Crippen LogP contribution in [0.25, 0.3) is 0 Å². The van der Waals surface area contributed by atoms with Crippen molar-refractivity contribution in [2.45, 2.75) is 6.92 Å². The standard InChI is InChI=1S/C13H12N2O3/c1-8-6-12(17)9(7-14-8)13(18)15-10-4-2-3-5-11(10)16/h2-7,16H,1H3,(H,14,17)(H,15,18). The summed E-state index contributed by atoms with van der Waals surface area (Å²) >= 11 is 0. The number of rotatable bonds is 2. The van der Waals surface area contributed by atoms with E-state index in [1.807, 2.05) is 0 Å². The Morgan fingerprint density at radius 2 is 2.06 bits per heavy atom. The number of aromatic hydroxyl groups is 1. The summed E-state index contributed by atoms with van der Waals surface area (Å²) in [5, 5.41) is 12.0. The highest BCUT2D eigenvalue weighted by Gasteiger charge is 2.11. The molecule has 3 N–H and O–H groups in total. The lowest BCUT2D eigenvalue weighted by Crippen LogP contribution is -2.21. The van der Waals surface area contributed by atoms with E-state index in [2.05, 4.69) is 10.3 Å². The molecule has 0 atom stereocenters. The lowest BCUT2D eigenvalue weighted by atomic mass is 10.2. The number of amides is 1. The number of aromatic amines is 1. The molecule has 1 amide bonds. The lowest BCUT2D eigenvalue weighted by Gasteiger charge is -2.06. The molecule has 2 aromatic rings. The molecule has 0 unspecified atom stereocenters. The van der Waals surface area contributed by atoms with Crippen LogP contribution >= 0.6 is 0 Å². The maximum Gasteiger partial charge on any atom is 0.261 e. The van der Waals surface area contributed by atoms with Crippen LogP contribution in [0.5, 0.6) is 5.75 Å². The zero-order valence-corrected chi connectivity index (χ0v) is 9.73. The topological polar surface area (TPSA) is 82.2 Å². The number of aromatic nitrogens is 1. The molecule has 1 heterocycles. The number of phenols is 1. The fourth-order valence-electron chi connectivity index (χ4n) is 1.52. The van der Waals surface area contributed by atoms with Crippen LogP contribution in [0.15, 0.2) is 41.3 Å². The van der Waals surface area contributed by atoms with Crippen molar-refractivity contribution in [3.8, 4) is 5.75 Å². The molecule has 0 aliphatic carbocycles. The Morgan fingerprint density at radius 1 is 1.33 bits per heavy atom. The summed E-state index contributed by atoms with van der Waals surface area (Å²) in [7, 11) is 0. The summed E-state index contributed by atoms with van der Waals surface area (Å²) in [6.07, 6.45) is 1.35. The Hall–Kier alpha value is -2.56. The van der Waals surface area contributed by atoms with Crippen LogP contribution < -0.4 is 10.7 Å². The van der Waals surface area contributed by atoms with Crippen molar-refractivity contribution >= 4 is 11.6 Å². The summed E-state index contributed by atoms with van der Waals surface area (Å²) in [5.74, 6) is -0.604. The predicted octanol–water partition coefficient (Wildman–Crippen LogP) is 1.64. The van der Waals surface area contributed by atoms with E-state index in [1.54, 1.807) is 25.1 Å².